The number of H-pyrrole nitrogens is 1. The van der Waals surface area contributed by atoms with E-state index in [4.69, 9.17) is 0 Å². The molecule has 0 spiro atoms. The second-order valence-electron chi connectivity index (χ2n) is 5.77. The zero-order valence-electron chi connectivity index (χ0n) is 11.4. The summed E-state index contributed by atoms with van der Waals surface area (Å²) in [6, 6.07) is 8.15. The quantitative estimate of drug-likeness (QED) is 0.865. The number of fused-ring (bicyclic) bond motifs is 1. The molecule has 0 saturated carbocycles. The number of aromatic amines is 1. The summed E-state index contributed by atoms with van der Waals surface area (Å²) in [5, 5.41) is 1.19. The van der Waals surface area contributed by atoms with E-state index >= 15 is 0 Å². The van der Waals surface area contributed by atoms with Gasteiger partial charge in [-0.1, -0.05) is 39.0 Å². The zero-order valence-corrected chi connectivity index (χ0v) is 11.4. The Morgan fingerprint density at radius 2 is 1.94 bits per heavy atom. The van der Waals surface area contributed by atoms with Gasteiger partial charge < -0.3 is 9.88 Å². The third-order valence-electron chi connectivity index (χ3n) is 3.07. The van der Waals surface area contributed by atoms with E-state index in [-0.39, 0.29) is 11.3 Å². The van der Waals surface area contributed by atoms with Gasteiger partial charge in [0.05, 0.1) is 0 Å². The lowest BCUT2D eigenvalue weighted by molar-refractivity contribution is -0.138. The van der Waals surface area contributed by atoms with Crippen LogP contribution in [0.4, 0.5) is 0 Å². The van der Waals surface area contributed by atoms with Gasteiger partial charge in [0.25, 0.3) is 0 Å². The van der Waals surface area contributed by atoms with Gasteiger partial charge in [-0.3, -0.25) is 4.79 Å². The first kappa shape index (κ1) is 12.7. The zero-order chi connectivity index (χ0) is 13.3. The fraction of sp³-hybridized carbons (Fsp3) is 0.400. The van der Waals surface area contributed by atoms with Crippen LogP contribution in [0.2, 0.25) is 0 Å². The largest absolute Gasteiger partial charge is 0.361 e. The molecule has 1 aromatic heterocycles. The van der Waals surface area contributed by atoms with E-state index in [2.05, 4.69) is 11.1 Å². The summed E-state index contributed by atoms with van der Waals surface area (Å²) in [7, 11) is 1.86. The first-order valence-corrected chi connectivity index (χ1v) is 6.20. The van der Waals surface area contributed by atoms with Crippen LogP contribution in [0, 0.1) is 5.41 Å². The first-order chi connectivity index (χ1) is 8.39. The number of hydrogen-bond acceptors (Lipinski definition) is 1. The van der Waals surface area contributed by atoms with Gasteiger partial charge >= 0.3 is 0 Å². The van der Waals surface area contributed by atoms with Crippen LogP contribution >= 0.6 is 0 Å². The van der Waals surface area contributed by atoms with E-state index in [0.717, 1.165) is 11.1 Å². The maximum atomic E-state index is 12.1. The number of carbonyl (C=O) groups is 1. The number of carbonyl (C=O) groups excluding carboxylic acids is 1. The first-order valence-electron chi connectivity index (χ1n) is 6.20. The second-order valence-corrected chi connectivity index (χ2v) is 5.77. The Hall–Kier alpha value is -1.77. The molecule has 0 unspecified atom stereocenters. The number of aromatic nitrogens is 1. The molecule has 0 aliphatic rings. The molecule has 0 bridgehead atoms. The Kier molecular flexibility index (Phi) is 3.16. The highest BCUT2D eigenvalue weighted by atomic mass is 16.2. The molecule has 1 N–H and O–H groups in total. The van der Waals surface area contributed by atoms with Crippen molar-refractivity contribution in [3.63, 3.8) is 0 Å². The molecule has 0 atom stereocenters. The van der Waals surface area contributed by atoms with E-state index in [9.17, 15) is 4.79 Å². The van der Waals surface area contributed by atoms with Gasteiger partial charge in [0.2, 0.25) is 5.91 Å². The predicted molar refractivity (Wildman–Crippen MR) is 74.2 cm³/mol. The van der Waals surface area contributed by atoms with Crippen LogP contribution < -0.4 is 0 Å². The third-order valence-corrected chi connectivity index (χ3v) is 3.07. The Balaban J connectivity index is 2.22. The maximum Gasteiger partial charge on any atom is 0.227 e. The summed E-state index contributed by atoms with van der Waals surface area (Å²) in [5.41, 5.74) is 1.94. The molecule has 18 heavy (non-hydrogen) atoms. The van der Waals surface area contributed by atoms with Crippen molar-refractivity contribution < 1.29 is 4.79 Å². The predicted octanol–water partition coefficient (Wildman–Crippen LogP) is 3.17. The van der Waals surface area contributed by atoms with Gasteiger partial charge in [-0.25, -0.2) is 0 Å². The summed E-state index contributed by atoms with van der Waals surface area (Å²) in [4.78, 5) is 17.2. The van der Waals surface area contributed by atoms with Crippen molar-refractivity contribution in [3.8, 4) is 0 Å². The Morgan fingerprint density at radius 3 is 2.61 bits per heavy atom. The lowest BCUT2D eigenvalue weighted by Crippen LogP contribution is -2.36. The molecule has 0 aliphatic carbocycles. The van der Waals surface area contributed by atoms with Crippen LogP contribution in [0.5, 0.6) is 0 Å². The topological polar surface area (TPSA) is 36.1 Å². The molecular weight excluding hydrogens is 224 g/mol. The molecule has 1 amide bonds. The number of amides is 1. The Bertz CT molecular complexity index is 563. The van der Waals surface area contributed by atoms with Crippen molar-refractivity contribution in [2.24, 2.45) is 5.41 Å². The van der Waals surface area contributed by atoms with Gasteiger partial charge in [-0.15, -0.1) is 0 Å². The molecule has 0 fully saturated rings. The molecule has 3 heteroatoms. The number of hydrogen-bond donors (Lipinski definition) is 1. The van der Waals surface area contributed by atoms with E-state index in [1.165, 1.54) is 5.39 Å². The fourth-order valence-electron chi connectivity index (χ4n) is 2.16. The maximum absolute atomic E-state index is 12.1. The summed E-state index contributed by atoms with van der Waals surface area (Å²) in [5.74, 6) is 0.160. The van der Waals surface area contributed by atoms with E-state index in [1.807, 2.05) is 52.2 Å². The normalized spacial score (nSPS) is 11.8. The number of nitrogens with zero attached hydrogens (tertiary/aromatic N) is 1. The number of rotatable bonds is 2. The summed E-state index contributed by atoms with van der Waals surface area (Å²) >= 11 is 0. The smallest absolute Gasteiger partial charge is 0.227 e. The molecular formula is C15H20N2O. The van der Waals surface area contributed by atoms with Crippen LogP contribution in [0.25, 0.3) is 10.9 Å². The molecule has 0 aliphatic heterocycles. The van der Waals surface area contributed by atoms with Crippen LogP contribution in [0.3, 0.4) is 0 Å². The minimum absolute atomic E-state index is 0.160. The van der Waals surface area contributed by atoms with Gasteiger partial charge in [0.15, 0.2) is 0 Å². The average Bonchev–Trinajstić information content (AvgIpc) is 2.70. The molecule has 0 radical (unpaired) electrons. The SMILES string of the molecule is CN(Cc1c[nH]c2ccccc12)C(=O)C(C)(C)C. The van der Waals surface area contributed by atoms with Gasteiger partial charge in [0.1, 0.15) is 0 Å². The van der Waals surface area contributed by atoms with Crippen molar-refractivity contribution in [2.45, 2.75) is 27.3 Å². The van der Waals surface area contributed by atoms with Crippen molar-refractivity contribution in [1.29, 1.82) is 0 Å². The van der Waals surface area contributed by atoms with E-state index < -0.39 is 0 Å². The van der Waals surface area contributed by atoms with E-state index in [0.29, 0.717) is 6.54 Å². The van der Waals surface area contributed by atoms with Crippen LogP contribution in [-0.4, -0.2) is 22.8 Å². The molecule has 2 aromatic rings. The lowest BCUT2D eigenvalue weighted by Gasteiger charge is -2.25. The molecule has 1 aromatic carbocycles. The lowest BCUT2D eigenvalue weighted by atomic mass is 9.95. The highest BCUT2D eigenvalue weighted by Gasteiger charge is 2.25. The molecule has 3 nitrogen and oxygen atoms in total. The molecule has 2 rings (SSSR count). The summed E-state index contributed by atoms with van der Waals surface area (Å²) in [6.45, 7) is 6.48. The number of benzene rings is 1. The highest BCUT2D eigenvalue weighted by molar-refractivity contribution is 5.85. The summed E-state index contributed by atoms with van der Waals surface area (Å²) in [6.07, 6.45) is 1.98. The Morgan fingerprint density at radius 1 is 1.28 bits per heavy atom. The van der Waals surface area contributed by atoms with Crippen LogP contribution in [0.15, 0.2) is 30.5 Å². The van der Waals surface area contributed by atoms with Crippen molar-refractivity contribution >= 4 is 16.8 Å². The number of nitrogens with one attached hydrogen (secondary N) is 1. The van der Waals surface area contributed by atoms with Crippen LogP contribution in [0.1, 0.15) is 26.3 Å². The van der Waals surface area contributed by atoms with Crippen LogP contribution in [-0.2, 0) is 11.3 Å². The minimum Gasteiger partial charge on any atom is -0.361 e. The molecule has 1 heterocycles. The van der Waals surface area contributed by atoms with Gasteiger partial charge in [-0.05, 0) is 11.6 Å². The van der Waals surface area contributed by atoms with Crippen molar-refractivity contribution in [2.75, 3.05) is 7.05 Å². The average molecular weight is 244 g/mol. The molecule has 0 saturated heterocycles. The summed E-state index contributed by atoms with van der Waals surface area (Å²) < 4.78 is 0. The van der Waals surface area contributed by atoms with Gasteiger partial charge in [0, 0.05) is 36.1 Å². The van der Waals surface area contributed by atoms with Crippen molar-refractivity contribution in [3.05, 3.63) is 36.0 Å². The van der Waals surface area contributed by atoms with Gasteiger partial charge in [-0.2, -0.15) is 0 Å². The molecule has 96 valence electrons. The Labute approximate surface area is 108 Å². The standard InChI is InChI=1S/C15H20N2O/c1-15(2,3)14(18)17(4)10-11-9-16-13-8-6-5-7-12(11)13/h5-9,16H,10H2,1-4H3. The number of para-hydroxylation sites is 1. The minimum atomic E-state index is -0.332. The van der Waals surface area contributed by atoms with E-state index in [1.54, 1.807) is 4.90 Å². The van der Waals surface area contributed by atoms with Crippen molar-refractivity contribution in [1.82, 2.24) is 9.88 Å². The fourth-order valence-corrected chi connectivity index (χ4v) is 2.16. The third kappa shape index (κ3) is 2.40. The highest BCUT2D eigenvalue weighted by Crippen LogP contribution is 2.22. The second kappa shape index (κ2) is 4.48. The monoisotopic (exact) mass is 244 g/mol.